The number of thioether (sulfide) groups is 2. The van der Waals surface area contributed by atoms with E-state index in [9.17, 15) is 19.2 Å². The summed E-state index contributed by atoms with van der Waals surface area (Å²) in [4.78, 5) is 55.1. The van der Waals surface area contributed by atoms with Gasteiger partial charge in [-0.3, -0.25) is 9.59 Å². The topological polar surface area (TPSA) is 149 Å². The van der Waals surface area contributed by atoms with Gasteiger partial charge in [-0.1, -0.05) is 90.7 Å². The van der Waals surface area contributed by atoms with E-state index < -0.39 is 11.6 Å². The molecule has 0 aliphatic carbocycles. The molecule has 6 heterocycles. The average molecular weight is 1050 g/mol. The normalized spacial score (nSPS) is 31.8. The number of hydrogen-bond donors (Lipinski definition) is 0. The Morgan fingerprint density at radius 2 is 0.945 bits per heavy atom. The first kappa shape index (κ1) is 57.7. The minimum absolute atomic E-state index is 0. The zero-order chi connectivity index (χ0) is 51.1. The Balaban J connectivity index is 0.000000235. The number of rotatable bonds is 10. The second-order valence-corrected chi connectivity index (χ2v) is 21.5. The number of esters is 2. The van der Waals surface area contributed by atoms with E-state index in [-0.39, 0.29) is 66.3 Å². The Labute approximate surface area is 441 Å². The smallest absolute Gasteiger partial charge is 0.330 e. The lowest BCUT2D eigenvalue weighted by Gasteiger charge is -2.48. The van der Waals surface area contributed by atoms with Crippen LogP contribution in [0, 0.1) is 0 Å². The Hall–Kier alpha value is -4.58. The van der Waals surface area contributed by atoms with Gasteiger partial charge in [0.05, 0.1) is 38.5 Å². The molecule has 2 aromatic rings. The molecular weight excluding hydrogens is 969 g/mol. The third-order valence-corrected chi connectivity index (χ3v) is 16.2. The van der Waals surface area contributed by atoms with Crippen molar-refractivity contribution in [2.75, 3.05) is 39.9 Å². The molecule has 6 aliphatic heterocycles. The van der Waals surface area contributed by atoms with E-state index >= 15 is 0 Å². The van der Waals surface area contributed by atoms with Crippen molar-refractivity contribution in [1.82, 2.24) is 9.80 Å². The van der Waals surface area contributed by atoms with Gasteiger partial charge in [-0.05, 0) is 113 Å². The zero-order valence-electron chi connectivity index (χ0n) is 42.9. The highest BCUT2D eigenvalue weighted by Crippen LogP contribution is 2.45. The first-order valence-electron chi connectivity index (χ1n) is 25.5. The molecule has 4 fully saturated rings. The molecule has 400 valence electrons. The third-order valence-electron chi connectivity index (χ3n) is 14.3. The van der Waals surface area contributed by atoms with Crippen molar-refractivity contribution in [2.45, 2.75) is 172 Å². The van der Waals surface area contributed by atoms with Gasteiger partial charge in [0.2, 0.25) is 0 Å². The Kier molecular flexibility index (Phi) is 22.0. The highest BCUT2D eigenvalue weighted by atomic mass is 32.2. The molecule has 4 saturated heterocycles. The lowest BCUT2D eigenvalue weighted by molar-refractivity contribution is -0.306. The van der Waals surface area contributed by atoms with Gasteiger partial charge in [0.15, 0.2) is 11.6 Å². The lowest BCUT2D eigenvalue weighted by Crippen LogP contribution is -2.60. The molecule has 73 heavy (non-hydrogen) atoms. The maximum Gasteiger partial charge on any atom is 0.330 e. The largest absolute Gasteiger partial charge is 0.497 e. The van der Waals surface area contributed by atoms with Crippen molar-refractivity contribution in [3.63, 3.8) is 0 Å². The first-order chi connectivity index (χ1) is 34.8. The first-order valence-corrected chi connectivity index (χ1v) is 27.5. The van der Waals surface area contributed by atoms with Crippen LogP contribution in [0.4, 0.5) is 9.59 Å². The van der Waals surface area contributed by atoms with Gasteiger partial charge in [-0.2, -0.15) is 0 Å². The number of hydrogen-bond acceptors (Lipinski definition) is 14. The van der Waals surface area contributed by atoms with E-state index in [1.54, 1.807) is 40.6 Å². The molecule has 2 aromatic carbocycles. The van der Waals surface area contributed by atoms with E-state index in [2.05, 4.69) is 24.3 Å². The summed E-state index contributed by atoms with van der Waals surface area (Å²) >= 11 is 2.56. The van der Waals surface area contributed by atoms with E-state index in [1.165, 1.54) is 23.5 Å². The van der Waals surface area contributed by atoms with Crippen LogP contribution < -0.4 is 9.47 Å². The molecule has 0 N–H and O–H groups in total. The van der Waals surface area contributed by atoms with Crippen LogP contribution in [0.25, 0.3) is 0 Å². The maximum atomic E-state index is 13.0. The fourth-order valence-electron chi connectivity index (χ4n) is 10.4. The molecule has 0 spiro atoms. The number of carbonyl (C=O) groups is 4. The second-order valence-electron chi connectivity index (χ2n) is 19.5. The van der Waals surface area contributed by atoms with E-state index in [4.69, 9.17) is 37.9 Å². The Bertz CT molecular complexity index is 2110. The third kappa shape index (κ3) is 15.7. The summed E-state index contributed by atoms with van der Waals surface area (Å²) in [5, 5.41) is -0.00491. The molecule has 0 aromatic heterocycles. The summed E-state index contributed by atoms with van der Waals surface area (Å²) in [5.74, 6) is -0.0978. The van der Waals surface area contributed by atoms with Gasteiger partial charge in [0.1, 0.15) is 23.7 Å². The van der Waals surface area contributed by atoms with E-state index in [0.29, 0.717) is 50.3 Å². The van der Waals surface area contributed by atoms with Crippen molar-refractivity contribution >= 4 is 45.9 Å². The highest BCUT2D eigenvalue weighted by molar-refractivity contribution is 8.14. The number of carbonyl (C=O) groups excluding carboxylic acids is 4. The van der Waals surface area contributed by atoms with Crippen LogP contribution in [0.3, 0.4) is 0 Å². The molecular formula is C57H78N2O12S2. The number of fused-ring (bicyclic) bond motifs is 4. The molecule has 0 saturated carbocycles. The molecule has 16 heteroatoms. The molecule has 2 amide bonds. The average Bonchev–Trinajstić information content (AvgIpc) is 3.93. The lowest BCUT2D eigenvalue weighted by atomic mass is 9.90. The SMILES string of the molecule is C.COc1ccc(CN2C(=O)SC[C@H]2[C@@]2(OC)C[C@H]3C[C@@H](CCC/C=C/CC/C(C)=C\C(=O)O3)O2)cc1.COc1ccc(CN2C(=O)SC[C@H]2[C@@]2(OC)C[C@H]3C[C@@H](CCC/C=C\CC/C(C)=C\C(=O)O3)O2)cc1. The molecule has 4 bridgehead atoms. The monoisotopic (exact) mass is 1050 g/mol. The molecule has 8 rings (SSSR count). The van der Waals surface area contributed by atoms with Crippen molar-refractivity contribution in [3.8, 4) is 11.5 Å². The van der Waals surface area contributed by atoms with Crippen LogP contribution in [0.15, 0.2) is 96.1 Å². The van der Waals surface area contributed by atoms with Crippen molar-refractivity contribution in [3.05, 3.63) is 107 Å². The van der Waals surface area contributed by atoms with Crippen LogP contribution in [-0.2, 0) is 51.1 Å². The van der Waals surface area contributed by atoms with Gasteiger partial charge in [0, 0.05) is 76.7 Å². The fraction of sp³-hybridized carbons (Fsp3) is 0.579. The van der Waals surface area contributed by atoms with Crippen LogP contribution in [0.1, 0.15) is 122 Å². The molecule has 0 radical (unpaired) electrons. The van der Waals surface area contributed by atoms with Gasteiger partial charge < -0.3 is 47.7 Å². The summed E-state index contributed by atoms with van der Waals surface area (Å²) in [6.07, 6.45) is 22.2. The van der Waals surface area contributed by atoms with Crippen molar-refractivity contribution < 1.29 is 57.1 Å². The molecule has 14 nitrogen and oxygen atoms in total. The van der Waals surface area contributed by atoms with Crippen LogP contribution >= 0.6 is 23.5 Å². The Morgan fingerprint density at radius 3 is 1.32 bits per heavy atom. The number of nitrogens with zero attached hydrogens (tertiary/aromatic N) is 2. The van der Waals surface area contributed by atoms with Crippen LogP contribution in [0.5, 0.6) is 11.5 Å². The summed E-state index contributed by atoms with van der Waals surface area (Å²) in [5.41, 5.74) is 4.01. The predicted octanol–water partition coefficient (Wildman–Crippen LogP) is 11.9. The summed E-state index contributed by atoms with van der Waals surface area (Å²) in [6.45, 7) is 4.81. The second kappa shape index (κ2) is 27.8. The Morgan fingerprint density at radius 1 is 0.562 bits per heavy atom. The minimum atomic E-state index is -1.05. The van der Waals surface area contributed by atoms with E-state index in [1.807, 2.05) is 72.2 Å². The standard InChI is InChI=1S/2C28H37NO6S.CH4/c2*1-20-9-7-5-4-6-8-10-23-16-24(34-26(30)15-20)17-28(33-3,35-23)25-19-36-27(31)29(25)18-21-11-13-22(32-2)14-12-21;/h2*4-5,11-15,23-25H,6-10,16-19H2,1-3H3;1H4/b5-4+,20-15-;5-4-,20-15-;/t2*23-,24-,25+,28-;/m11./s1. The van der Waals surface area contributed by atoms with Crippen LogP contribution in [0.2, 0.25) is 0 Å². The van der Waals surface area contributed by atoms with Gasteiger partial charge >= 0.3 is 11.9 Å². The predicted molar refractivity (Wildman–Crippen MR) is 287 cm³/mol. The number of methoxy groups -OCH3 is 4. The fourth-order valence-corrected chi connectivity index (χ4v) is 12.6. The molecule has 8 atom stereocenters. The zero-order valence-corrected chi connectivity index (χ0v) is 44.5. The number of ether oxygens (including phenoxy) is 8. The van der Waals surface area contributed by atoms with Gasteiger partial charge in [0.25, 0.3) is 10.5 Å². The van der Waals surface area contributed by atoms with Gasteiger partial charge in [-0.25, -0.2) is 9.59 Å². The minimum Gasteiger partial charge on any atom is -0.497 e. The van der Waals surface area contributed by atoms with Gasteiger partial charge in [-0.15, -0.1) is 0 Å². The molecule has 0 unspecified atom stereocenters. The molecule has 6 aliphatic rings. The summed E-state index contributed by atoms with van der Waals surface area (Å²) < 4.78 is 48.0. The maximum absolute atomic E-state index is 13.0. The summed E-state index contributed by atoms with van der Waals surface area (Å²) in [6, 6.07) is 14.8. The van der Waals surface area contributed by atoms with Crippen molar-refractivity contribution in [2.24, 2.45) is 0 Å². The number of amides is 2. The highest BCUT2D eigenvalue weighted by Gasteiger charge is 2.56. The van der Waals surface area contributed by atoms with Crippen LogP contribution in [-0.4, -0.2) is 120 Å². The number of benzene rings is 2. The summed E-state index contributed by atoms with van der Waals surface area (Å²) in [7, 11) is 6.53. The van der Waals surface area contributed by atoms with E-state index in [0.717, 1.165) is 98.0 Å². The quantitative estimate of drug-likeness (QED) is 0.164. The van der Waals surface area contributed by atoms with Crippen molar-refractivity contribution in [1.29, 1.82) is 0 Å². The number of allylic oxidation sites excluding steroid dienone is 6.